The lowest BCUT2D eigenvalue weighted by atomic mass is 10.1. The first kappa shape index (κ1) is 17.9. The molecule has 1 fully saturated rings. The molecule has 1 unspecified atom stereocenters. The van der Waals surface area contributed by atoms with Crippen molar-refractivity contribution in [3.63, 3.8) is 0 Å². The average molecular weight is 362 g/mol. The van der Waals surface area contributed by atoms with Crippen LogP contribution in [0.25, 0.3) is 0 Å². The Hall–Kier alpha value is -0.880. The molecule has 2 heterocycles. The number of aromatic nitrogens is 1. The number of nitrogens with one attached hydrogen (secondary N) is 1. The maximum atomic E-state index is 4.41. The predicted molar refractivity (Wildman–Crippen MR) is 106 cm³/mol. The van der Waals surface area contributed by atoms with E-state index in [4.69, 9.17) is 0 Å². The number of hydrogen-bond donors (Lipinski definition) is 1. The zero-order valence-corrected chi connectivity index (χ0v) is 16.0. The summed E-state index contributed by atoms with van der Waals surface area (Å²) in [6, 6.07) is 10.8. The lowest BCUT2D eigenvalue weighted by Gasteiger charge is -2.24. The van der Waals surface area contributed by atoms with Crippen LogP contribution in [0.3, 0.4) is 0 Å². The Kier molecular flexibility index (Phi) is 7.14. The Morgan fingerprint density at radius 2 is 2.21 bits per heavy atom. The quantitative estimate of drug-likeness (QED) is 0.688. The van der Waals surface area contributed by atoms with Crippen molar-refractivity contribution in [1.82, 2.24) is 15.2 Å². The zero-order valence-electron chi connectivity index (χ0n) is 14.4. The van der Waals surface area contributed by atoms with Crippen LogP contribution in [0, 0.1) is 12.8 Å². The summed E-state index contributed by atoms with van der Waals surface area (Å²) in [5, 5.41) is 3.50. The van der Waals surface area contributed by atoms with Crippen LogP contribution in [-0.2, 0) is 12.3 Å². The van der Waals surface area contributed by atoms with Gasteiger partial charge in [0.05, 0.1) is 11.2 Å². The summed E-state index contributed by atoms with van der Waals surface area (Å²) < 4.78 is 0. The molecule has 5 heteroatoms. The summed E-state index contributed by atoms with van der Waals surface area (Å²) in [5.74, 6) is 3.10. The smallest absolute Gasteiger partial charge is 0.0798 e. The molecule has 2 aromatic rings. The van der Waals surface area contributed by atoms with E-state index >= 15 is 0 Å². The monoisotopic (exact) mass is 361 g/mol. The fraction of sp³-hybridized carbons (Fsp3) is 0.526. The second-order valence-corrected chi connectivity index (χ2v) is 8.54. The van der Waals surface area contributed by atoms with Gasteiger partial charge in [0.15, 0.2) is 0 Å². The van der Waals surface area contributed by atoms with Crippen molar-refractivity contribution in [2.45, 2.75) is 25.6 Å². The van der Waals surface area contributed by atoms with Crippen molar-refractivity contribution in [2.75, 3.05) is 31.9 Å². The summed E-state index contributed by atoms with van der Waals surface area (Å²) in [6.45, 7) is 7.90. The number of aryl methyl sites for hydroxylation is 1. The molecule has 3 nitrogen and oxygen atoms in total. The summed E-state index contributed by atoms with van der Waals surface area (Å²) in [6.07, 6.45) is 1.31. The second kappa shape index (κ2) is 9.56. The van der Waals surface area contributed by atoms with Crippen LogP contribution in [0.1, 0.15) is 22.6 Å². The van der Waals surface area contributed by atoms with Crippen LogP contribution in [0.15, 0.2) is 35.8 Å². The number of rotatable bonds is 9. The molecule has 1 aliphatic heterocycles. The maximum Gasteiger partial charge on any atom is 0.0798 e. The number of thiazole rings is 1. The first-order valence-electron chi connectivity index (χ1n) is 8.75. The number of benzene rings is 1. The summed E-state index contributed by atoms with van der Waals surface area (Å²) in [5.41, 5.74) is 4.60. The lowest BCUT2D eigenvalue weighted by molar-refractivity contribution is 0.244. The van der Waals surface area contributed by atoms with Gasteiger partial charge in [-0.15, -0.1) is 11.3 Å². The average Bonchev–Trinajstić information content (AvgIpc) is 3.25. The van der Waals surface area contributed by atoms with Gasteiger partial charge in [0.1, 0.15) is 0 Å². The number of nitrogens with zero attached hydrogens (tertiary/aromatic N) is 2. The fourth-order valence-electron chi connectivity index (χ4n) is 3.11. The SMILES string of the molecule is Cc1ncsc1CN(CCSCc1ccccc1)CC1CCNC1. The molecule has 0 spiro atoms. The molecule has 1 atom stereocenters. The second-order valence-electron chi connectivity index (χ2n) is 6.49. The van der Waals surface area contributed by atoms with E-state index in [0.717, 1.165) is 24.8 Å². The topological polar surface area (TPSA) is 28.2 Å². The largest absolute Gasteiger partial charge is 0.316 e. The first-order valence-corrected chi connectivity index (χ1v) is 10.8. The van der Waals surface area contributed by atoms with Crippen LogP contribution in [0.2, 0.25) is 0 Å². The molecule has 0 radical (unpaired) electrons. The number of thioether (sulfide) groups is 1. The van der Waals surface area contributed by atoms with Crippen LogP contribution in [0.4, 0.5) is 0 Å². The van der Waals surface area contributed by atoms with Gasteiger partial charge in [0.25, 0.3) is 0 Å². The highest BCUT2D eigenvalue weighted by Gasteiger charge is 2.19. The van der Waals surface area contributed by atoms with Crippen molar-refractivity contribution < 1.29 is 0 Å². The van der Waals surface area contributed by atoms with Crippen molar-refractivity contribution in [1.29, 1.82) is 0 Å². The minimum absolute atomic E-state index is 0.803. The van der Waals surface area contributed by atoms with Gasteiger partial charge in [-0.1, -0.05) is 30.3 Å². The van der Waals surface area contributed by atoms with Gasteiger partial charge in [-0.05, 0) is 37.9 Å². The molecule has 1 aromatic heterocycles. The highest BCUT2D eigenvalue weighted by Crippen LogP contribution is 2.19. The number of hydrogen-bond acceptors (Lipinski definition) is 5. The highest BCUT2D eigenvalue weighted by molar-refractivity contribution is 7.98. The fourth-order valence-corrected chi connectivity index (χ4v) is 4.89. The molecule has 1 saturated heterocycles. The van der Waals surface area contributed by atoms with E-state index in [0.29, 0.717) is 0 Å². The van der Waals surface area contributed by atoms with Crippen LogP contribution in [0.5, 0.6) is 0 Å². The molecular formula is C19H27N3S2. The Morgan fingerprint density at radius 1 is 1.33 bits per heavy atom. The molecule has 0 saturated carbocycles. The van der Waals surface area contributed by atoms with E-state index in [-0.39, 0.29) is 0 Å². The van der Waals surface area contributed by atoms with Gasteiger partial charge >= 0.3 is 0 Å². The standard InChI is InChI=1S/C19H27N3S2/c1-16-19(24-15-21-16)13-22(12-18-7-8-20-11-18)9-10-23-14-17-5-3-2-4-6-17/h2-6,15,18,20H,7-14H2,1H3. The Bertz CT molecular complexity index is 594. The third-order valence-corrected chi connectivity index (χ3v) is 6.48. The van der Waals surface area contributed by atoms with Gasteiger partial charge in [-0.2, -0.15) is 11.8 Å². The van der Waals surface area contributed by atoms with E-state index in [1.165, 1.54) is 47.9 Å². The Balaban J connectivity index is 1.48. The maximum absolute atomic E-state index is 4.41. The summed E-state index contributed by atoms with van der Waals surface area (Å²) >= 11 is 3.84. The third kappa shape index (κ3) is 5.59. The van der Waals surface area contributed by atoms with Gasteiger partial charge < -0.3 is 5.32 Å². The highest BCUT2D eigenvalue weighted by atomic mass is 32.2. The normalized spacial score (nSPS) is 17.7. The predicted octanol–water partition coefficient (Wildman–Crippen LogP) is 3.80. The minimum atomic E-state index is 0.803. The van der Waals surface area contributed by atoms with Gasteiger partial charge in [-0.25, -0.2) is 4.98 Å². The van der Waals surface area contributed by atoms with Crippen molar-refractivity contribution >= 4 is 23.1 Å². The van der Waals surface area contributed by atoms with Crippen molar-refractivity contribution in [3.8, 4) is 0 Å². The Morgan fingerprint density at radius 3 is 2.92 bits per heavy atom. The molecular weight excluding hydrogens is 334 g/mol. The molecule has 0 amide bonds. The lowest BCUT2D eigenvalue weighted by Crippen LogP contribution is -2.32. The summed E-state index contributed by atoms with van der Waals surface area (Å²) in [4.78, 5) is 8.47. The van der Waals surface area contributed by atoms with Gasteiger partial charge in [-0.3, -0.25) is 4.90 Å². The molecule has 130 valence electrons. The molecule has 24 heavy (non-hydrogen) atoms. The van der Waals surface area contributed by atoms with E-state index in [1.54, 1.807) is 11.3 Å². The van der Waals surface area contributed by atoms with E-state index < -0.39 is 0 Å². The van der Waals surface area contributed by atoms with E-state index in [9.17, 15) is 0 Å². The van der Waals surface area contributed by atoms with Gasteiger partial charge in [0, 0.05) is 36.0 Å². The van der Waals surface area contributed by atoms with Crippen LogP contribution in [-0.4, -0.2) is 41.8 Å². The molecule has 1 N–H and O–H groups in total. The van der Waals surface area contributed by atoms with Crippen LogP contribution < -0.4 is 5.32 Å². The van der Waals surface area contributed by atoms with Crippen molar-refractivity contribution in [3.05, 3.63) is 52.0 Å². The Labute approximate surface area is 153 Å². The van der Waals surface area contributed by atoms with Crippen molar-refractivity contribution in [2.24, 2.45) is 5.92 Å². The minimum Gasteiger partial charge on any atom is -0.316 e. The molecule has 1 aromatic carbocycles. The molecule has 1 aliphatic rings. The van der Waals surface area contributed by atoms with E-state index in [2.05, 4.69) is 52.5 Å². The third-order valence-electron chi connectivity index (χ3n) is 4.55. The molecule has 0 bridgehead atoms. The van der Waals surface area contributed by atoms with Gasteiger partial charge in [0.2, 0.25) is 0 Å². The zero-order chi connectivity index (χ0) is 16.6. The first-order chi connectivity index (χ1) is 11.8. The molecule has 3 rings (SSSR count). The van der Waals surface area contributed by atoms with Crippen LogP contribution >= 0.6 is 23.1 Å². The summed E-state index contributed by atoms with van der Waals surface area (Å²) in [7, 11) is 0. The molecule has 0 aliphatic carbocycles. The van der Waals surface area contributed by atoms with E-state index in [1.807, 2.05) is 17.3 Å².